The summed E-state index contributed by atoms with van der Waals surface area (Å²) >= 11 is 0. The van der Waals surface area contributed by atoms with Gasteiger partial charge in [0.05, 0.1) is 24.0 Å². The van der Waals surface area contributed by atoms with E-state index < -0.39 is 0 Å². The van der Waals surface area contributed by atoms with Crippen molar-refractivity contribution in [2.75, 3.05) is 18.0 Å². The van der Waals surface area contributed by atoms with E-state index in [0.717, 1.165) is 37.2 Å². The van der Waals surface area contributed by atoms with E-state index in [-0.39, 0.29) is 12.0 Å². The zero-order valence-electron chi connectivity index (χ0n) is 11.7. The zero-order valence-corrected chi connectivity index (χ0v) is 11.7. The Labute approximate surface area is 114 Å². The molecule has 0 bridgehead atoms. The number of nitrogens with two attached hydrogens (primary N) is 1. The lowest BCUT2D eigenvalue weighted by molar-refractivity contribution is 0.0659. The normalized spacial score (nSPS) is 15.2. The van der Waals surface area contributed by atoms with Crippen LogP contribution < -0.4 is 10.6 Å². The van der Waals surface area contributed by atoms with E-state index in [2.05, 4.69) is 4.90 Å². The van der Waals surface area contributed by atoms with Crippen LogP contribution in [0.2, 0.25) is 0 Å². The van der Waals surface area contributed by atoms with Crippen LogP contribution in [-0.4, -0.2) is 25.1 Å². The van der Waals surface area contributed by atoms with Gasteiger partial charge in [-0.15, -0.1) is 0 Å². The molecule has 0 aliphatic carbocycles. The number of carbonyl (C=O) groups excluding carboxylic acids is 1. The van der Waals surface area contributed by atoms with Gasteiger partial charge >= 0.3 is 0 Å². The molecule has 2 rings (SSSR count). The van der Waals surface area contributed by atoms with Crippen molar-refractivity contribution in [2.24, 2.45) is 5.73 Å². The van der Waals surface area contributed by atoms with Crippen LogP contribution in [0.25, 0.3) is 0 Å². The molecule has 0 unspecified atom stereocenters. The summed E-state index contributed by atoms with van der Waals surface area (Å²) in [6.45, 7) is 6.50. The zero-order chi connectivity index (χ0) is 13.8. The first kappa shape index (κ1) is 13.9. The highest BCUT2D eigenvalue weighted by atomic mass is 16.5. The molecule has 0 radical (unpaired) electrons. The molecule has 1 heterocycles. The molecule has 1 amide bonds. The Kier molecular flexibility index (Phi) is 4.43. The van der Waals surface area contributed by atoms with Crippen molar-refractivity contribution in [3.8, 4) is 0 Å². The number of para-hydroxylation sites is 1. The lowest BCUT2D eigenvalue weighted by Gasteiger charge is -2.24. The lowest BCUT2D eigenvalue weighted by Crippen LogP contribution is -2.25. The topological polar surface area (TPSA) is 55.6 Å². The van der Waals surface area contributed by atoms with Crippen LogP contribution in [0.1, 0.15) is 42.6 Å². The highest BCUT2D eigenvalue weighted by Crippen LogP contribution is 2.29. The van der Waals surface area contributed by atoms with Crippen molar-refractivity contribution >= 4 is 11.6 Å². The number of hydrogen-bond donors (Lipinski definition) is 1. The average molecular weight is 262 g/mol. The van der Waals surface area contributed by atoms with Crippen molar-refractivity contribution in [1.29, 1.82) is 0 Å². The molecule has 104 valence electrons. The number of nitrogens with zero attached hydrogens (tertiary/aromatic N) is 1. The Morgan fingerprint density at radius 2 is 2.05 bits per heavy atom. The highest BCUT2D eigenvalue weighted by molar-refractivity contribution is 5.99. The van der Waals surface area contributed by atoms with Gasteiger partial charge in [-0.2, -0.15) is 0 Å². The summed E-state index contributed by atoms with van der Waals surface area (Å²) in [6.07, 6.45) is 2.50. The summed E-state index contributed by atoms with van der Waals surface area (Å²) in [4.78, 5) is 13.9. The Morgan fingerprint density at radius 1 is 1.37 bits per heavy atom. The third-order valence-electron chi connectivity index (χ3n) is 3.38. The average Bonchev–Trinajstić information content (AvgIpc) is 2.89. The van der Waals surface area contributed by atoms with Crippen LogP contribution in [-0.2, 0) is 11.3 Å². The van der Waals surface area contributed by atoms with Gasteiger partial charge in [-0.3, -0.25) is 4.79 Å². The standard InChI is InChI=1S/C15H22N2O2/c1-11(2)19-10-12-6-5-7-13(15(16)18)14(12)17-8-3-4-9-17/h5-7,11H,3-4,8-10H2,1-2H3,(H2,16,18). The van der Waals surface area contributed by atoms with Crippen molar-refractivity contribution in [1.82, 2.24) is 0 Å². The Hall–Kier alpha value is -1.55. The minimum absolute atomic E-state index is 0.170. The number of amides is 1. The van der Waals surface area contributed by atoms with Gasteiger partial charge in [0.2, 0.25) is 0 Å². The van der Waals surface area contributed by atoms with Crippen molar-refractivity contribution in [2.45, 2.75) is 39.4 Å². The number of benzene rings is 1. The lowest BCUT2D eigenvalue weighted by atomic mass is 10.1. The molecule has 4 nitrogen and oxygen atoms in total. The van der Waals surface area contributed by atoms with Crippen molar-refractivity contribution in [3.05, 3.63) is 29.3 Å². The smallest absolute Gasteiger partial charge is 0.250 e. The molecular formula is C15H22N2O2. The molecule has 1 aromatic carbocycles. The Bertz CT molecular complexity index is 451. The number of ether oxygens (including phenoxy) is 1. The fraction of sp³-hybridized carbons (Fsp3) is 0.533. The van der Waals surface area contributed by atoms with Gasteiger partial charge < -0.3 is 15.4 Å². The van der Waals surface area contributed by atoms with E-state index in [1.54, 1.807) is 6.07 Å². The molecule has 19 heavy (non-hydrogen) atoms. The fourth-order valence-electron chi connectivity index (χ4n) is 2.48. The summed E-state index contributed by atoms with van der Waals surface area (Å²) in [7, 11) is 0. The number of anilines is 1. The van der Waals surface area contributed by atoms with E-state index in [4.69, 9.17) is 10.5 Å². The second kappa shape index (κ2) is 6.06. The minimum Gasteiger partial charge on any atom is -0.374 e. The molecule has 0 aromatic heterocycles. The van der Waals surface area contributed by atoms with Gasteiger partial charge in [0.15, 0.2) is 0 Å². The van der Waals surface area contributed by atoms with E-state index in [1.807, 2.05) is 26.0 Å². The van der Waals surface area contributed by atoms with Gasteiger partial charge in [-0.25, -0.2) is 0 Å². The van der Waals surface area contributed by atoms with E-state index in [9.17, 15) is 4.79 Å². The molecule has 0 saturated carbocycles. The second-order valence-corrected chi connectivity index (χ2v) is 5.23. The van der Waals surface area contributed by atoms with Crippen LogP contribution in [0.15, 0.2) is 18.2 Å². The largest absolute Gasteiger partial charge is 0.374 e. The Morgan fingerprint density at radius 3 is 2.63 bits per heavy atom. The van der Waals surface area contributed by atoms with Crippen LogP contribution in [0.4, 0.5) is 5.69 Å². The van der Waals surface area contributed by atoms with Crippen LogP contribution in [0.5, 0.6) is 0 Å². The van der Waals surface area contributed by atoms with Crippen LogP contribution in [0, 0.1) is 0 Å². The van der Waals surface area contributed by atoms with Crippen molar-refractivity contribution in [3.63, 3.8) is 0 Å². The molecule has 1 aliphatic heterocycles. The van der Waals surface area contributed by atoms with Gasteiger partial charge in [-0.05, 0) is 32.8 Å². The van der Waals surface area contributed by atoms with E-state index >= 15 is 0 Å². The predicted octanol–water partition coefficient (Wildman–Crippen LogP) is 2.31. The van der Waals surface area contributed by atoms with Gasteiger partial charge in [0, 0.05) is 18.7 Å². The fourth-order valence-corrected chi connectivity index (χ4v) is 2.48. The number of primary amides is 1. The van der Waals surface area contributed by atoms with Gasteiger partial charge in [0.1, 0.15) is 0 Å². The molecule has 0 spiro atoms. The first-order valence-electron chi connectivity index (χ1n) is 6.88. The molecule has 2 N–H and O–H groups in total. The third kappa shape index (κ3) is 3.26. The predicted molar refractivity (Wildman–Crippen MR) is 76.3 cm³/mol. The molecular weight excluding hydrogens is 240 g/mol. The number of hydrogen-bond acceptors (Lipinski definition) is 3. The molecule has 1 aliphatic rings. The van der Waals surface area contributed by atoms with Crippen LogP contribution >= 0.6 is 0 Å². The minimum atomic E-state index is -0.367. The van der Waals surface area contributed by atoms with E-state index in [0.29, 0.717) is 12.2 Å². The molecule has 1 saturated heterocycles. The summed E-state index contributed by atoms with van der Waals surface area (Å²) in [5.41, 5.74) is 8.12. The van der Waals surface area contributed by atoms with Gasteiger partial charge in [0.25, 0.3) is 5.91 Å². The van der Waals surface area contributed by atoms with Crippen LogP contribution in [0.3, 0.4) is 0 Å². The molecule has 0 atom stereocenters. The number of carbonyl (C=O) groups is 1. The second-order valence-electron chi connectivity index (χ2n) is 5.23. The molecule has 4 heteroatoms. The number of rotatable bonds is 5. The van der Waals surface area contributed by atoms with Gasteiger partial charge in [-0.1, -0.05) is 12.1 Å². The summed E-state index contributed by atoms with van der Waals surface area (Å²) in [5, 5.41) is 0. The summed E-state index contributed by atoms with van der Waals surface area (Å²) < 4.78 is 5.68. The maximum absolute atomic E-state index is 11.6. The third-order valence-corrected chi connectivity index (χ3v) is 3.38. The summed E-state index contributed by atoms with van der Waals surface area (Å²) in [6, 6.07) is 5.69. The quantitative estimate of drug-likeness (QED) is 0.886. The molecule has 1 fully saturated rings. The first-order valence-corrected chi connectivity index (χ1v) is 6.88. The SMILES string of the molecule is CC(C)OCc1cccc(C(N)=O)c1N1CCCC1. The maximum atomic E-state index is 11.6. The Balaban J connectivity index is 2.34. The monoisotopic (exact) mass is 262 g/mol. The maximum Gasteiger partial charge on any atom is 0.250 e. The van der Waals surface area contributed by atoms with E-state index in [1.165, 1.54) is 0 Å². The first-order chi connectivity index (χ1) is 9.09. The molecule has 1 aromatic rings. The van der Waals surface area contributed by atoms with Crippen molar-refractivity contribution < 1.29 is 9.53 Å². The highest BCUT2D eigenvalue weighted by Gasteiger charge is 2.21. The summed E-state index contributed by atoms with van der Waals surface area (Å²) in [5.74, 6) is -0.367.